The molecule has 1 saturated heterocycles. The molecule has 0 aromatic carbocycles. The second kappa shape index (κ2) is 6.37. The Kier molecular flexibility index (Phi) is 5.35. The number of ether oxygens (including phenoxy) is 1. The van der Waals surface area contributed by atoms with Gasteiger partial charge in [0, 0.05) is 20.0 Å². The van der Waals surface area contributed by atoms with Gasteiger partial charge in [-0.3, -0.25) is 4.79 Å². The smallest absolute Gasteiger partial charge is 0.329 e. The molecule has 1 rings (SSSR count). The van der Waals surface area contributed by atoms with Gasteiger partial charge in [0.15, 0.2) is 0 Å². The molecule has 0 aromatic heterocycles. The van der Waals surface area contributed by atoms with Crippen molar-refractivity contribution in [1.29, 1.82) is 0 Å². The standard InChI is InChI=1S/C14H26N2O3/c1-10(17)15-12(13(18)19-5)9-16-7-6-11(8-16)14(2,3)4/h11-12H,6-9H2,1-5H3,(H,15,17). The summed E-state index contributed by atoms with van der Waals surface area (Å²) in [4.78, 5) is 25.0. The van der Waals surface area contributed by atoms with Crippen molar-refractivity contribution in [2.45, 2.75) is 40.2 Å². The number of likely N-dealkylation sites (tertiary alicyclic amines) is 1. The van der Waals surface area contributed by atoms with E-state index in [0.717, 1.165) is 19.5 Å². The molecule has 2 atom stereocenters. The molecule has 0 aromatic rings. The maximum atomic E-state index is 11.7. The SMILES string of the molecule is COC(=O)C(CN1CCC(C(C)(C)C)C1)NC(C)=O. The van der Waals surface area contributed by atoms with E-state index in [2.05, 4.69) is 31.0 Å². The summed E-state index contributed by atoms with van der Waals surface area (Å²) in [6.45, 7) is 10.6. The van der Waals surface area contributed by atoms with Gasteiger partial charge in [0.25, 0.3) is 0 Å². The first-order valence-electron chi connectivity index (χ1n) is 6.81. The maximum absolute atomic E-state index is 11.7. The van der Waals surface area contributed by atoms with Gasteiger partial charge < -0.3 is 15.0 Å². The fourth-order valence-corrected chi connectivity index (χ4v) is 2.53. The van der Waals surface area contributed by atoms with E-state index in [4.69, 9.17) is 4.74 Å². The summed E-state index contributed by atoms with van der Waals surface area (Å²) >= 11 is 0. The van der Waals surface area contributed by atoms with Gasteiger partial charge in [-0.1, -0.05) is 20.8 Å². The lowest BCUT2D eigenvalue weighted by Crippen LogP contribution is -2.48. The topological polar surface area (TPSA) is 58.6 Å². The van der Waals surface area contributed by atoms with E-state index in [9.17, 15) is 9.59 Å². The van der Waals surface area contributed by atoms with E-state index in [1.54, 1.807) is 0 Å². The third-order valence-electron chi connectivity index (χ3n) is 3.80. The minimum atomic E-state index is -0.568. The van der Waals surface area contributed by atoms with Crippen LogP contribution >= 0.6 is 0 Å². The molecule has 0 saturated carbocycles. The molecular weight excluding hydrogens is 244 g/mol. The number of nitrogens with zero attached hydrogens (tertiary/aromatic N) is 1. The number of rotatable bonds is 4. The summed E-state index contributed by atoms with van der Waals surface area (Å²) in [6, 6.07) is -0.568. The largest absolute Gasteiger partial charge is 0.467 e. The lowest BCUT2D eigenvalue weighted by Gasteiger charge is -2.28. The number of hydrogen-bond acceptors (Lipinski definition) is 4. The molecule has 1 heterocycles. The van der Waals surface area contributed by atoms with E-state index in [0.29, 0.717) is 12.5 Å². The first-order valence-corrected chi connectivity index (χ1v) is 6.81. The quantitative estimate of drug-likeness (QED) is 0.775. The maximum Gasteiger partial charge on any atom is 0.329 e. The molecule has 2 unspecified atom stereocenters. The number of nitrogens with one attached hydrogen (secondary N) is 1. The van der Waals surface area contributed by atoms with E-state index >= 15 is 0 Å². The van der Waals surface area contributed by atoms with Crippen LogP contribution in [0.5, 0.6) is 0 Å². The summed E-state index contributed by atoms with van der Waals surface area (Å²) < 4.78 is 4.74. The Morgan fingerprint density at radius 2 is 2.05 bits per heavy atom. The fourth-order valence-electron chi connectivity index (χ4n) is 2.53. The predicted molar refractivity (Wildman–Crippen MR) is 73.6 cm³/mol. The highest BCUT2D eigenvalue weighted by molar-refractivity contribution is 5.83. The van der Waals surface area contributed by atoms with Crippen LogP contribution in [-0.2, 0) is 14.3 Å². The van der Waals surface area contributed by atoms with Crippen molar-refractivity contribution in [1.82, 2.24) is 10.2 Å². The van der Waals surface area contributed by atoms with Crippen LogP contribution in [0.4, 0.5) is 0 Å². The van der Waals surface area contributed by atoms with Crippen LogP contribution in [0.1, 0.15) is 34.1 Å². The number of methoxy groups -OCH3 is 1. The first-order chi connectivity index (χ1) is 8.74. The van der Waals surface area contributed by atoms with Crippen molar-refractivity contribution in [3.63, 3.8) is 0 Å². The zero-order valence-corrected chi connectivity index (χ0v) is 12.7. The molecular formula is C14H26N2O3. The Labute approximate surface area is 115 Å². The summed E-state index contributed by atoms with van der Waals surface area (Å²) in [5.41, 5.74) is 0.281. The Hall–Kier alpha value is -1.10. The van der Waals surface area contributed by atoms with Crippen LogP contribution in [0.3, 0.4) is 0 Å². The van der Waals surface area contributed by atoms with Crippen molar-refractivity contribution < 1.29 is 14.3 Å². The molecule has 1 aliphatic rings. The van der Waals surface area contributed by atoms with Crippen LogP contribution in [0.2, 0.25) is 0 Å². The van der Waals surface area contributed by atoms with Crippen LogP contribution < -0.4 is 5.32 Å². The Bertz CT molecular complexity index is 336. The van der Waals surface area contributed by atoms with Crippen molar-refractivity contribution >= 4 is 11.9 Å². The normalized spacial score (nSPS) is 22.1. The third kappa shape index (κ3) is 4.82. The third-order valence-corrected chi connectivity index (χ3v) is 3.80. The Morgan fingerprint density at radius 1 is 1.42 bits per heavy atom. The monoisotopic (exact) mass is 270 g/mol. The predicted octanol–water partition coefficient (Wildman–Crippen LogP) is 1.03. The van der Waals surface area contributed by atoms with Crippen LogP contribution in [-0.4, -0.2) is 49.6 Å². The molecule has 5 nitrogen and oxygen atoms in total. The second-order valence-corrected chi connectivity index (χ2v) is 6.39. The van der Waals surface area contributed by atoms with Gasteiger partial charge in [0.05, 0.1) is 7.11 Å². The number of esters is 1. The summed E-state index contributed by atoms with van der Waals surface area (Å²) in [5.74, 6) is 0.0412. The van der Waals surface area contributed by atoms with Gasteiger partial charge in [-0.05, 0) is 24.3 Å². The van der Waals surface area contributed by atoms with Crippen molar-refractivity contribution in [3.8, 4) is 0 Å². The first kappa shape index (κ1) is 16.0. The number of hydrogen-bond donors (Lipinski definition) is 1. The average Bonchev–Trinajstić information content (AvgIpc) is 2.74. The fraction of sp³-hybridized carbons (Fsp3) is 0.857. The highest BCUT2D eigenvalue weighted by atomic mass is 16.5. The summed E-state index contributed by atoms with van der Waals surface area (Å²) in [5, 5.41) is 2.66. The molecule has 1 fully saturated rings. The van der Waals surface area contributed by atoms with Crippen LogP contribution in [0.15, 0.2) is 0 Å². The molecule has 1 aliphatic heterocycles. The average molecular weight is 270 g/mol. The molecule has 1 N–H and O–H groups in total. The van der Waals surface area contributed by atoms with Gasteiger partial charge in [0.2, 0.25) is 5.91 Å². The van der Waals surface area contributed by atoms with E-state index in [1.807, 2.05) is 0 Å². The summed E-state index contributed by atoms with van der Waals surface area (Å²) in [7, 11) is 1.35. The molecule has 19 heavy (non-hydrogen) atoms. The second-order valence-electron chi connectivity index (χ2n) is 6.39. The number of carbonyl (C=O) groups excluding carboxylic acids is 2. The van der Waals surface area contributed by atoms with E-state index < -0.39 is 6.04 Å². The Morgan fingerprint density at radius 3 is 2.47 bits per heavy atom. The van der Waals surface area contributed by atoms with Crippen molar-refractivity contribution in [2.24, 2.45) is 11.3 Å². The zero-order chi connectivity index (χ0) is 14.6. The van der Waals surface area contributed by atoms with E-state index in [1.165, 1.54) is 14.0 Å². The Balaban J connectivity index is 2.56. The zero-order valence-electron chi connectivity index (χ0n) is 12.7. The van der Waals surface area contributed by atoms with Gasteiger partial charge in [-0.2, -0.15) is 0 Å². The number of amides is 1. The lowest BCUT2D eigenvalue weighted by molar-refractivity contribution is -0.145. The van der Waals surface area contributed by atoms with Crippen LogP contribution in [0, 0.1) is 11.3 Å². The highest BCUT2D eigenvalue weighted by Gasteiger charge is 2.34. The van der Waals surface area contributed by atoms with Gasteiger partial charge in [0.1, 0.15) is 6.04 Å². The van der Waals surface area contributed by atoms with Crippen molar-refractivity contribution in [3.05, 3.63) is 0 Å². The molecule has 0 bridgehead atoms. The van der Waals surface area contributed by atoms with Gasteiger partial charge in [-0.15, -0.1) is 0 Å². The van der Waals surface area contributed by atoms with Gasteiger partial charge in [-0.25, -0.2) is 4.79 Å². The molecule has 0 spiro atoms. The minimum Gasteiger partial charge on any atom is -0.467 e. The minimum absolute atomic E-state index is 0.207. The van der Waals surface area contributed by atoms with Crippen LogP contribution in [0.25, 0.3) is 0 Å². The number of carbonyl (C=O) groups is 2. The van der Waals surface area contributed by atoms with E-state index in [-0.39, 0.29) is 17.3 Å². The highest BCUT2D eigenvalue weighted by Crippen LogP contribution is 2.33. The molecule has 0 radical (unpaired) electrons. The lowest BCUT2D eigenvalue weighted by atomic mass is 9.80. The van der Waals surface area contributed by atoms with Crippen molar-refractivity contribution in [2.75, 3.05) is 26.7 Å². The molecule has 110 valence electrons. The molecule has 0 aliphatic carbocycles. The summed E-state index contributed by atoms with van der Waals surface area (Å²) in [6.07, 6.45) is 1.14. The van der Waals surface area contributed by atoms with Gasteiger partial charge >= 0.3 is 5.97 Å². The molecule has 1 amide bonds. The molecule has 5 heteroatoms.